The molecule has 20 heavy (non-hydrogen) atoms. The van der Waals surface area contributed by atoms with Crippen LogP contribution in [0.4, 0.5) is 5.69 Å². The van der Waals surface area contributed by atoms with Crippen LogP contribution in [0.25, 0.3) is 0 Å². The Morgan fingerprint density at radius 2 is 2.05 bits per heavy atom. The van der Waals surface area contributed by atoms with E-state index in [0.29, 0.717) is 18.4 Å². The number of nitro benzene ring substituents is 1. The molecule has 0 unspecified atom stereocenters. The Kier molecular flexibility index (Phi) is 4.81. The van der Waals surface area contributed by atoms with Crippen LogP contribution in [0.2, 0.25) is 0 Å². The van der Waals surface area contributed by atoms with Crippen molar-refractivity contribution < 1.29 is 9.72 Å². The highest BCUT2D eigenvalue weighted by Gasteiger charge is 2.28. The number of nitrogens with one attached hydrogen (secondary N) is 1. The lowest BCUT2D eigenvalue weighted by Crippen LogP contribution is -2.46. The van der Waals surface area contributed by atoms with Gasteiger partial charge in [0, 0.05) is 17.2 Å². The third-order valence-electron chi connectivity index (χ3n) is 3.44. The van der Waals surface area contributed by atoms with E-state index >= 15 is 0 Å². The zero-order valence-electron chi connectivity index (χ0n) is 11.8. The number of carbonyl (C=O) groups is 1. The Balaban J connectivity index is 3.08. The van der Waals surface area contributed by atoms with Crippen molar-refractivity contribution in [1.29, 1.82) is 5.26 Å². The molecule has 0 fully saturated rings. The number of nitriles is 1. The molecule has 1 amide bonds. The monoisotopic (exact) mass is 275 g/mol. The summed E-state index contributed by atoms with van der Waals surface area (Å²) >= 11 is 0. The molecule has 0 aliphatic rings. The molecule has 106 valence electrons. The molecule has 6 heteroatoms. The number of nitro groups is 1. The number of hydrogen-bond donors (Lipinski definition) is 1. The maximum absolute atomic E-state index is 12.1. The van der Waals surface area contributed by atoms with E-state index in [-0.39, 0.29) is 11.3 Å². The average Bonchev–Trinajstić information content (AvgIpc) is 2.45. The quantitative estimate of drug-likeness (QED) is 0.660. The second kappa shape index (κ2) is 6.15. The average molecular weight is 275 g/mol. The molecular formula is C14H17N3O3. The molecule has 1 rings (SSSR count). The Labute approximate surface area is 117 Å². The summed E-state index contributed by atoms with van der Waals surface area (Å²) in [6.07, 6.45) is 0.944. The van der Waals surface area contributed by atoms with Gasteiger partial charge in [0.05, 0.1) is 11.0 Å². The van der Waals surface area contributed by atoms with Crippen molar-refractivity contribution in [2.24, 2.45) is 0 Å². The fraction of sp³-hybridized carbons (Fsp3) is 0.429. The van der Waals surface area contributed by atoms with Crippen LogP contribution in [-0.4, -0.2) is 16.4 Å². The summed E-state index contributed by atoms with van der Waals surface area (Å²) < 4.78 is 0. The van der Waals surface area contributed by atoms with Crippen molar-refractivity contribution in [3.8, 4) is 6.07 Å². The molecule has 0 radical (unpaired) electrons. The lowest BCUT2D eigenvalue weighted by atomic mass is 9.94. The number of aryl methyl sites for hydroxylation is 1. The molecule has 0 saturated heterocycles. The predicted molar refractivity (Wildman–Crippen MR) is 74.2 cm³/mol. The molecular weight excluding hydrogens is 258 g/mol. The van der Waals surface area contributed by atoms with Crippen molar-refractivity contribution in [2.45, 2.75) is 39.2 Å². The smallest absolute Gasteiger partial charge is 0.273 e. The van der Waals surface area contributed by atoms with Crippen LogP contribution in [0.1, 0.15) is 42.6 Å². The van der Waals surface area contributed by atoms with Crippen LogP contribution in [0.3, 0.4) is 0 Å². The van der Waals surface area contributed by atoms with Gasteiger partial charge in [-0.05, 0) is 25.8 Å². The van der Waals surface area contributed by atoms with Gasteiger partial charge in [-0.25, -0.2) is 0 Å². The minimum atomic E-state index is -0.934. The predicted octanol–water partition coefficient (Wildman–Crippen LogP) is 2.72. The summed E-state index contributed by atoms with van der Waals surface area (Å²) in [5.74, 6) is -0.474. The number of nitrogens with zero attached hydrogens (tertiary/aromatic N) is 2. The van der Waals surface area contributed by atoms with Crippen LogP contribution in [0.15, 0.2) is 18.2 Å². The molecule has 1 aromatic carbocycles. The topological polar surface area (TPSA) is 96.0 Å². The van der Waals surface area contributed by atoms with Gasteiger partial charge < -0.3 is 5.32 Å². The van der Waals surface area contributed by atoms with Gasteiger partial charge in [0.2, 0.25) is 0 Å². The molecule has 0 aromatic heterocycles. The summed E-state index contributed by atoms with van der Waals surface area (Å²) in [5.41, 5.74) is -0.363. The van der Waals surface area contributed by atoms with Crippen molar-refractivity contribution in [1.82, 2.24) is 5.32 Å². The van der Waals surface area contributed by atoms with Gasteiger partial charge in [-0.2, -0.15) is 5.26 Å². The first-order valence-electron chi connectivity index (χ1n) is 6.38. The summed E-state index contributed by atoms with van der Waals surface area (Å²) in [7, 11) is 0. The summed E-state index contributed by atoms with van der Waals surface area (Å²) in [4.78, 5) is 22.5. The van der Waals surface area contributed by atoms with Crippen LogP contribution < -0.4 is 5.32 Å². The highest BCUT2D eigenvalue weighted by molar-refractivity contribution is 5.95. The third kappa shape index (κ3) is 3.12. The normalized spacial score (nSPS) is 10.7. The fourth-order valence-electron chi connectivity index (χ4n) is 1.85. The molecule has 1 aromatic rings. The van der Waals surface area contributed by atoms with Gasteiger partial charge in [0.1, 0.15) is 5.54 Å². The Morgan fingerprint density at radius 1 is 1.45 bits per heavy atom. The number of benzene rings is 1. The van der Waals surface area contributed by atoms with Crippen LogP contribution in [-0.2, 0) is 0 Å². The van der Waals surface area contributed by atoms with Crippen molar-refractivity contribution >= 4 is 11.6 Å². The third-order valence-corrected chi connectivity index (χ3v) is 3.44. The molecule has 6 nitrogen and oxygen atoms in total. The molecule has 0 aliphatic heterocycles. The first kappa shape index (κ1) is 15.6. The Hall–Kier alpha value is -2.42. The van der Waals surface area contributed by atoms with Crippen molar-refractivity contribution in [3.05, 3.63) is 39.4 Å². The minimum absolute atomic E-state index is 0.104. The number of amides is 1. The first-order valence-corrected chi connectivity index (χ1v) is 6.38. The standard InChI is InChI=1S/C14H17N3O3/c1-4-14(5-2,9-15)16-13(18)11-7-6-10(3)12(8-11)17(19)20/h6-8H,4-5H2,1-3H3,(H,16,18). The van der Waals surface area contributed by atoms with E-state index in [9.17, 15) is 20.2 Å². The second-order valence-corrected chi connectivity index (χ2v) is 4.61. The molecule has 0 aliphatic carbocycles. The molecule has 1 N–H and O–H groups in total. The molecule has 0 atom stereocenters. The van der Waals surface area contributed by atoms with Gasteiger partial charge in [-0.15, -0.1) is 0 Å². The maximum atomic E-state index is 12.1. The second-order valence-electron chi connectivity index (χ2n) is 4.61. The largest absolute Gasteiger partial charge is 0.334 e. The lowest BCUT2D eigenvalue weighted by Gasteiger charge is -2.24. The molecule has 0 bridgehead atoms. The van der Waals surface area contributed by atoms with E-state index in [2.05, 4.69) is 11.4 Å². The molecule has 0 spiro atoms. The van der Waals surface area contributed by atoms with Gasteiger partial charge in [-0.3, -0.25) is 14.9 Å². The minimum Gasteiger partial charge on any atom is -0.334 e. The fourth-order valence-corrected chi connectivity index (χ4v) is 1.85. The van der Waals surface area contributed by atoms with E-state index in [1.165, 1.54) is 18.2 Å². The van der Waals surface area contributed by atoms with E-state index in [4.69, 9.17) is 0 Å². The van der Waals surface area contributed by atoms with Gasteiger partial charge in [0.15, 0.2) is 0 Å². The van der Waals surface area contributed by atoms with E-state index in [1.54, 1.807) is 6.92 Å². The van der Waals surface area contributed by atoms with Crippen LogP contribution in [0.5, 0.6) is 0 Å². The highest BCUT2D eigenvalue weighted by atomic mass is 16.6. The summed E-state index contributed by atoms with van der Waals surface area (Å²) in [6, 6.07) is 6.38. The van der Waals surface area contributed by atoms with Crippen LogP contribution >= 0.6 is 0 Å². The van der Waals surface area contributed by atoms with Gasteiger partial charge >= 0.3 is 0 Å². The van der Waals surface area contributed by atoms with Gasteiger partial charge in [0.25, 0.3) is 11.6 Å². The first-order chi connectivity index (χ1) is 9.39. The zero-order chi connectivity index (χ0) is 15.3. The zero-order valence-corrected chi connectivity index (χ0v) is 11.8. The molecule has 0 heterocycles. The number of rotatable bonds is 5. The van der Waals surface area contributed by atoms with E-state index in [1.807, 2.05) is 13.8 Å². The lowest BCUT2D eigenvalue weighted by molar-refractivity contribution is -0.385. The van der Waals surface area contributed by atoms with Crippen LogP contribution in [0, 0.1) is 28.4 Å². The Bertz CT molecular complexity index is 572. The summed E-state index contributed by atoms with van der Waals surface area (Å²) in [5, 5.41) is 22.7. The van der Waals surface area contributed by atoms with E-state index < -0.39 is 16.4 Å². The number of hydrogen-bond acceptors (Lipinski definition) is 4. The van der Waals surface area contributed by atoms with Gasteiger partial charge in [-0.1, -0.05) is 19.9 Å². The van der Waals surface area contributed by atoms with E-state index in [0.717, 1.165) is 0 Å². The maximum Gasteiger partial charge on any atom is 0.273 e. The van der Waals surface area contributed by atoms with Crippen molar-refractivity contribution in [2.75, 3.05) is 0 Å². The SMILES string of the molecule is CCC(C#N)(CC)NC(=O)c1ccc(C)c([N+](=O)[O-])c1. The highest BCUT2D eigenvalue weighted by Crippen LogP contribution is 2.20. The number of carbonyl (C=O) groups excluding carboxylic acids is 1. The Morgan fingerprint density at radius 3 is 2.50 bits per heavy atom. The van der Waals surface area contributed by atoms with Crippen molar-refractivity contribution in [3.63, 3.8) is 0 Å². The summed E-state index contributed by atoms with van der Waals surface area (Å²) in [6.45, 7) is 5.23. The molecule has 0 saturated carbocycles.